The van der Waals surface area contributed by atoms with Gasteiger partial charge in [0.05, 0.1) is 38.7 Å². The first-order chi connectivity index (χ1) is 12.7. The van der Waals surface area contributed by atoms with E-state index in [2.05, 4.69) is 16.0 Å². The third-order valence-corrected chi connectivity index (χ3v) is 4.21. The summed E-state index contributed by atoms with van der Waals surface area (Å²) in [6, 6.07) is 13.0. The van der Waals surface area contributed by atoms with Gasteiger partial charge in [-0.05, 0) is 30.3 Å². The molecule has 0 radical (unpaired) electrons. The zero-order valence-corrected chi connectivity index (χ0v) is 15.0. The summed E-state index contributed by atoms with van der Waals surface area (Å²) in [5, 5.41) is 0. The number of morpholine rings is 1. The number of anilines is 1. The Morgan fingerprint density at radius 3 is 2.69 bits per heavy atom. The summed E-state index contributed by atoms with van der Waals surface area (Å²) >= 11 is 0. The molecule has 0 N–H and O–H groups in total. The van der Waals surface area contributed by atoms with Crippen LogP contribution in [0.4, 0.5) is 11.4 Å². The Kier molecular flexibility index (Phi) is 5.86. The van der Waals surface area contributed by atoms with Crippen molar-refractivity contribution >= 4 is 23.6 Å². The van der Waals surface area contributed by atoms with Crippen molar-refractivity contribution in [2.45, 2.75) is 0 Å². The maximum atomic E-state index is 11.6. The first-order valence-electron chi connectivity index (χ1n) is 8.44. The maximum Gasteiger partial charge on any atom is 0.337 e. The predicted octanol–water partition coefficient (Wildman–Crippen LogP) is 3.07. The van der Waals surface area contributed by atoms with E-state index in [9.17, 15) is 4.79 Å². The summed E-state index contributed by atoms with van der Waals surface area (Å²) in [7, 11) is 3.01. The molecule has 2 aromatic carbocycles. The molecule has 0 bridgehead atoms. The van der Waals surface area contributed by atoms with E-state index in [1.165, 1.54) is 7.11 Å². The second kappa shape index (κ2) is 8.49. The van der Waals surface area contributed by atoms with Crippen LogP contribution in [0.2, 0.25) is 0 Å². The quantitative estimate of drug-likeness (QED) is 0.610. The van der Waals surface area contributed by atoms with Gasteiger partial charge in [-0.1, -0.05) is 6.07 Å². The van der Waals surface area contributed by atoms with Crippen LogP contribution in [0.1, 0.15) is 15.9 Å². The molecule has 0 aromatic heterocycles. The number of methoxy groups -OCH3 is 2. The van der Waals surface area contributed by atoms with Crippen LogP contribution in [0.3, 0.4) is 0 Å². The van der Waals surface area contributed by atoms with Gasteiger partial charge in [0.15, 0.2) is 0 Å². The molecule has 1 heterocycles. The lowest BCUT2D eigenvalue weighted by molar-refractivity contribution is 0.0601. The third-order valence-electron chi connectivity index (χ3n) is 4.21. The number of hydrogen-bond donors (Lipinski definition) is 0. The monoisotopic (exact) mass is 354 g/mol. The molecule has 0 amide bonds. The van der Waals surface area contributed by atoms with Crippen LogP contribution in [-0.2, 0) is 9.47 Å². The highest BCUT2D eigenvalue weighted by molar-refractivity contribution is 5.91. The van der Waals surface area contributed by atoms with Crippen molar-refractivity contribution in [3.8, 4) is 5.75 Å². The number of benzene rings is 2. The van der Waals surface area contributed by atoms with E-state index in [1.54, 1.807) is 31.5 Å². The average Bonchev–Trinajstić information content (AvgIpc) is 2.72. The minimum Gasteiger partial charge on any atom is -0.496 e. The Bertz CT molecular complexity index is 798. The molecule has 1 aliphatic heterocycles. The van der Waals surface area contributed by atoms with Gasteiger partial charge in [0.2, 0.25) is 0 Å². The molecule has 0 spiro atoms. The highest BCUT2D eigenvalue weighted by Gasteiger charge is 2.13. The summed E-state index contributed by atoms with van der Waals surface area (Å²) in [6.07, 6.45) is 1.73. The molecule has 0 unspecified atom stereocenters. The van der Waals surface area contributed by atoms with E-state index in [-0.39, 0.29) is 5.97 Å². The lowest BCUT2D eigenvalue weighted by Gasteiger charge is -2.29. The van der Waals surface area contributed by atoms with Crippen LogP contribution in [0, 0.1) is 0 Å². The number of esters is 1. The predicted molar refractivity (Wildman–Crippen MR) is 101 cm³/mol. The molecule has 1 aliphatic rings. The fourth-order valence-corrected chi connectivity index (χ4v) is 2.80. The van der Waals surface area contributed by atoms with Crippen LogP contribution in [0.5, 0.6) is 5.75 Å². The Labute approximate surface area is 153 Å². The fraction of sp³-hybridized carbons (Fsp3) is 0.300. The topological polar surface area (TPSA) is 60.4 Å². The number of nitrogens with zero attached hydrogens (tertiary/aromatic N) is 2. The lowest BCUT2D eigenvalue weighted by Crippen LogP contribution is -2.36. The molecule has 0 saturated carbocycles. The lowest BCUT2D eigenvalue weighted by atomic mass is 10.1. The van der Waals surface area contributed by atoms with Gasteiger partial charge in [0.25, 0.3) is 0 Å². The molecule has 6 heteroatoms. The summed E-state index contributed by atoms with van der Waals surface area (Å²) in [5.41, 5.74) is 3.12. The van der Waals surface area contributed by atoms with Crippen LogP contribution in [0.25, 0.3) is 0 Å². The first kappa shape index (κ1) is 17.9. The molecule has 0 aliphatic carbocycles. The molecule has 3 rings (SSSR count). The second-order valence-electron chi connectivity index (χ2n) is 5.83. The van der Waals surface area contributed by atoms with Gasteiger partial charge in [-0.3, -0.25) is 4.99 Å². The van der Waals surface area contributed by atoms with Gasteiger partial charge in [-0.25, -0.2) is 4.79 Å². The van der Waals surface area contributed by atoms with Crippen molar-refractivity contribution in [1.82, 2.24) is 0 Å². The van der Waals surface area contributed by atoms with E-state index in [0.717, 1.165) is 43.3 Å². The van der Waals surface area contributed by atoms with E-state index in [1.807, 2.05) is 18.2 Å². The van der Waals surface area contributed by atoms with Crippen molar-refractivity contribution in [1.29, 1.82) is 0 Å². The molecule has 1 fully saturated rings. The van der Waals surface area contributed by atoms with Crippen LogP contribution in [-0.4, -0.2) is 52.7 Å². The Balaban J connectivity index is 1.80. The van der Waals surface area contributed by atoms with Crippen molar-refractivity contribution in [3.05, 3.63) is 53.6 Å². The van der Waals surface area contributed by atoms with Crippen LogP contribution in [0.15, 0.2) is 47.5 Å². The Morgan fingerprint density at radius 2 is 1.96 bits per heavy atom. The van der Waals surface area contributed by atoms with Crippen LogP contribution >= 0.6 is 0 Å². The molecular formula is C20H22N2O4. The minimum absolute atomic E-state index is 0.380. The largest absolute Gasteiger partial charge is 0.496 e. The Hall–Kier alpha value is -2.86. The van der Waals surface area contributed by atoms with Gasteiger partial charge in [-0.15, -0.1) is 0 Å². The third kappa shape index (κ3) is 4.21. The normalized spacial score (nSPS) is 14.5. The van der Waals surface area contributed by atoms with Gasteiger partial charge < -0.3 is 19.1 Å². The van der Waals surface area contributed by atoms with Gasteiger partial charge in [0.1, 0.15) is 5.75 Å². The Morgan fingerprint density at radius 1 is 1.15 bits per heavy atom. The second-order valence-corrected chi connectivity index (χ2v) is 5.83. The molecule has 0 atom stereocenters. The summed E-state index contributed by atoms with van der Waals surface area (Å²) in [4.78, 5) is 18.3. The zero-order valence-electron chi connectivity index (χ0n) is 15.0. The molecule has 2 aromatic rings. The number of aliphatic imine (C=N–C) groups is 1. The van der Waals surface area contributed by atoms with E-state index in [0.29, 0.717) is 11.3 Å². The van der Waals surface area contributed by atoms with Crippen LogP contribution < -0.4 is 9.64 Å². The molecule has 1 saturated heterocycles. The fourth-order valence-electron chi connectivity index (χ4n) is 2.80. The van der Waals surface area contributed by atoms with Gasteiger partial charge >= 0.3 is 5.97 Å². The SMILES string of the molecule is COC(=O)c1cccc(N=Cc2ccc(N3CCOCC3)cc2OC)c1. The summed E-state index contributed by atoms with van der Waals surface area (Å²) in [6.45, 7) is 3.22. The zero-order chi connectivity index (χ0) is 18.4. The highest BCUT2D eigenvalue weighted by atomic mass is 16.5. The van der Waals surface area contributed by atoms with E-state index < -0.39 is 0 Å². The average molecular weight is 354 g/mol. The first-order valence-corrected chi connectivity index (χ1v) is 8.44. The van der Waals surface area contributed by atoms with Crippen molar-refractivity contribution in [3.63, 3.8) is 0 Å². The van der Waals surface area contributed by atoms with Gasteiger partial charge in [-0.2, -0.15) is 0 Å². The number of rotatable bonds is 5. The summed E-state index contributed by atoms with van der Waals surface area (Å²) in [5.74, 6) is 0.372. The molecule has 6 nitrogen and oxygen atoms in total. The van der Waals surface area contributed by atoms with E-state index in [4.69, 9.17) is 14.2 Å². The smallest absolute Gasteiger partial charge is 0.337 e. The standard InChI is InChI=1S/C20H22N2O4/c1-24-19-13-18(22-8-10-26-11-9-22)7-6-16(19)14-21-17-5-3-4-15(12-17)20(23)25-2/h3-7,12-14H,8-11H2,1-2H3. The molecule has 26 heavy (non-hydrogen) atoms. The van der Waals surface area contributed by atoms with Gasteiger partial charge in [0, 0.05) is 36.6 Å². The summed E-state index contributed by atoms with van der Waals surface area (Å²) < 4.78 is 15.7. The molecular weight excluding hydrogens is 332 g/mol. The van der Waals surface area contributed by atoms with Crippen molar-refractivity contribution in [2.24, 2.45) is 4.99 Å². The number of carbonyl (C=O) groups is 1. The minimum atomic E-state index is -0.380. The van der Waals surface area contributed by atoms with E-state index >= 15 is 0 Å². The number of ether oxygens (including phenoxy) is 3. The molecule has 136 valence electrons. The van der Waals surface area contributed by atoms with Crippen molar-refractivity contribution in [2.75, 3.05) is 45.4 Å². The highest BCUT2D eigenvalue weighted by Crippen LogP contribution is 2.26. The maximum absolute atomic E-state index is 11.6. The van der Waals surface area contributed by atoms with Crippen molar-refractivity contribution < 1.29 is 19.0 Å². The number of hydrogen-bond acceptors (Lipinski definition) is 6. The number of carbonyl (C=O) groups excluding carboxylic acids is 1.